The Labute approximate surface area is 187 Å². The molecule has 1 heterocycles. The van der Waals surface area contributed by atoms with Crippen molar-refractivity contribution in [3.05, 3.63) is 54.1 Å². The number of thiocarbonyl (C=S) groups is 1. The Balaban J connectivity index is 1.55. The topological polar surface area (TPSA) is 84.4 Å². The van der Waals surface area contributed by atoms with E-state index in [2.05, 4.69) is 15.8 Å². The zero-order valence-electron chi connectivity index (χ0n) is 17.4. The molecule has 1 aliphatic heterocycles. The SMILES string of the molecule is CCOc1cc(/C=N/NC(=S)Nc2ccccc2)ccc1OCC(=O)N1CCOCC1. The van der Waals surface area contributed by atoms with E-state index in [1.165, 1.54) is 0 Å². The standard InChI is InChI=1S/C22H26N4O4S/c1-2-29-20-14-17(15-23-25-22(31)24-18-6-4-3-5-7-18)8-9-19(20)30-16-21(27)26-10-12-28-13-11-26/h3-9,14-15H,2,10-13,16H2,1H3,(H2,24,25,31)/b23-15+. The molecule has 0 aromatic heterocycles. The van der Waals surface area contributed by atoms with Gasteiger partial charge in [0.2, 0.25) is 0 Å². The second-order valence-electron chi connectivity index (χ2n) is 6.61. The molecule has 0 atom stereocenters. The summed E-state index contributed by atoms with van der Waals surface area (Å²) in [5.74, 6) is 0.987. The van der Waals surface area contributed by atoms with E-state index in [1.807, 2.05) is 43.3 Å². The Bertz CT molecular complexity index is 902. The Kier molecular flexibility index (Phi) is 8.62. The Morgan fingerprint density at radius 2 is 1.94 bits per heavy atom. The van der Waals surface area contributed by atoms with Crippen LogP contribution in [0.4, 0.5) is 5.69 Å². The molecule has 0 aliphatic carbocycles. The van der Waals surface area contributed by atoms with E-state index < -0.39 is 0 Å². The maximum Gasteiger partial charge on any atom is 0.260 e. The normalized spacial score (nSPS) is 13.6. The molecule has 1 amide bonds. The van der Waals surface area contributed by atoms with Crippen LogP contribution in [0.15, 0.2) is 53.6 Å². The lowest BCUT2D eigenvalue weighted by Gasteiger charge is -2.26. The largest absolute Gasteiger partial charge is 0.490 e. The summed E-state index contributed by atoms with van der Waals surface area (Å²) in [6.07, 6.45) is 1.63. The lowest BCUT2D eigenvalue weighted by molar-refractivity contribution is -0.137. The molecule has 0 spiro atoms. The molecule has 9 heteroatoms. The molecule has 0 unspecified atom stereocenters. The van der Waals surface area contributed by atoms with Crippen LogP contribution in [0.5, 0.6) is 11.5 Å². The molecule has 1 saturated heterocycles. The molecule has 2 aromatic carbocycles. The van der Waals surface area contributed by atoms with Crippen LogP contribution in [0.25, 0.3) is 0 Å². The highest BCUT2D eigenvalue weighted by atomic mass is 32.1. The molecule has 1 aliphatic rings. The minimum atomic E-state index is -0.0694. The van der Waals surface area contributed by atoms with Crippen LogP contribution >= 0.6 is 12.2 Å². The smallest absolute Gasteiger partial charge is 0.260 e. The van der Waals surface area contributed by atoms with Crippen molar-refractivity contribution in [1.82, 2.24) is 10.3 Å². The number of nitrogens with zero attached hydrogens (tertiary/aromatic N) is 2. The molecule has 1 fully saturated rings. The average Bonchev–Trinajstić information content (AvgIpc) is 2.80. The summed E-state index contributed by atoms with van der Waals surface area (Å²) in [7, 11) is 0. The maximum atomic E-state index is 12.3. The third kappa shape index (κ3) is 7.23. The van der Waals surface area contributed by atoms with E-state index in [9.17, 15) is 4.79 Å². The third-order valence-corrected chi connectivity index (χ3v) is 4.59. The van der Waals surface area contributed by atoms with E-state index in [0.717, 1.165) is 11.3 Å². The number of ether oxygens (including phenoxy) is 3. The zero-order chi connectivity index (χ0) is 21.9. The van der Waals surface area contributed by atoms with Crippen LogP contribution in [0.2, 0.25) is 0 Å². The van der Waals surface area contributed by atoms with Crippen LogP contribution < -0.4 is 20.2 Å². The summed E-state index contributed by atoms with van der Waals surface area (Å²) in [6.45, 7) is 4.60. The number of morpholine rings is 1. The Morgan fingerprint density at radius 1 is 1.16 bits per heavy atom. The Hall–Kier alpha value is -3.17. The molecular weight excluding hydrogens is 416 g/mol. The fourth-order valence-corrected chi connectivity index (χ4v) is 3.05. The van der Waals surface area contributed by atoms with Crippen LogP contribution in [0.3, 0.4) is 0 Å². The fraction of sp³-hybridized carbons (Fsp3) is 0.318. The van der Waals surface area contributed by atoms with Gasteiger partial charge in [-0.05, 0) is 55.0 Å². The van der Waals surface area contributed by atoms with Gasteiger partial charge in [0.25, 0.3) is 5.91 Å². The molecule has 31 heavy (non-hydrogen) atoms. The third-order valence-electron chi connectivity index (χ3n) is 4.39. The average molecular weight is 443 g/mol. The summed E-state index contributed by atoms with van der Waals surface area (Å²) in [6, 6.07) is 15.0. The monoisotopic (exact) mass is 442 g/mol. The number of hydrogen-bond acceptors (Lipinski definition) is 6. The lowest BCUT2D eigenvalue weighted by atomic mass is 10.2. The number of benzene rings is 2. The van der Waals surface area contributed by atoms with Crippen molar-refractivity contribution in [2.24, 2.45) is 5.10 Å². The minimum absolute atomic E-state index is 0.0471. The van der Waals surface area contributed by atoms with Crippen molar-refractivity contribution >= 4 is 35.1 Å². The second-order valence-corrected chi connectivity index (χ2v) is 7.02. The van der Waals surface area contributed by atoms with Gasteiger partial charge in [0.05, 0.1) is 26.0 Å². The van der Waals surface area contributed by atoms with Crippen LogP contribution in [0.1, 0.15) is 12.5 Å². The molecule has 8 nitrogen and oxygen atoms in total. The molecule has 2 N–H and O–H groups in total. The van der Waals surface area contributed by atoms with Gasteiger partial charge < -0.3 is 24.4 Å². The van der Waals surface area contributed by atoms with E-state index in [0.29, 0.717) is 49.5 Å². The number of nitrogens with one attached hydrogen (secondary N) is 2. The predicted molar refractivity (Wildman–Crippen MR) is 124 cm³/mol. The fourth-order valence-electron chi connectivity index (χ4n) is 2.88. The van der Waals surface area contributed by atoms with E-state index in [4.69, 9.17) is 26.4 Å². The van der Waals surface area contributed by atoms with Crippen LogP contribution in [-0.2, 0) is 9.53 Å². The van der Waals surface area contributed by atoms with Gasteiger partial charge in [0, 0.05) is 18.8 Å². The molecule has 0 bridgehead atoms. The van der Waals surface area contributed by atoms with Crippen molar-refractivity contribution < 1.29 is 19.0 Å². The predicted octanol–water partition coefficient (Wildman–Crippen LogP) is 2.64. The number of carbonyl (C=O) groups is 1. The van der Waals surface area contributed by atoms with Crippen LogP contribution in [0, 0.1) is 0 Å². The van der Waals surface area contributed by atoms with Crippen molar-refractivity contribution in [1.29, 1.82) is 0 Å². The summed E-state index contributed by atoms with van der Waals surface area (Å²) in [5, 5.41) is 7.58. The zero-order valence-corrected chi connectivity index (χ0v) is 18.2. The lowest BCUT2D eigenvalue weighted by Crippen LogP contribution is -2.43. The first-order valence-electron chi connectivity index (χ1n) is 10.1. The number of carbonyl (C=O) groups excluding carboxylic acids is 1. The van der Waals surface area contributed by atoms with E-state index in [1.54, 1.807) is 23.2 Å². The van der Waals surface area contributed by atoms with Gasteiger partial charge in [0.15, 0.2) is 23.2 Å². The highest BCUT2D eigenvalue weighted by molar-refractivity contribution is 7.80. The Morgan fingerprint density at radius 3 is 2.68 bits per heavy atom. The van der Waals surface area contributed by atoms with Gasteiger partial charge in [-0.15, -0.1) is 0 Å². The molecule has 164 valence electrons. The first-order chi connectivity index (χ1) is 15.2. The number of anilines is 1. The number of para-hydroxylation sites is 1. The number of rotatable bonds is 8. The van der Waals surface area contributed by atoms with Crippen molar-refractivity contribution in [3.8, 4) is 11.5 Å². The van der Waals surface area contributed by atoms with Gasteiger partial charge in [-0.25, -0.2) is 0 Å². The van der Waals surface area contributed by atoms with Gasteiger partial charge in [-0.3, -0.25) is 10.2 Å². The van der Waals surface area contributed by atoms with E-state index >= 15 is 0 Å². The first-order valence-corrected chi connectivity index (χ1v) is 10.5. The van der Waals surface area contributed by atoms with Crippen LogP contribution in [-0.4, -0.2) is 61.7 Å². The number of hydrogen-bond donors (Lipinski definition) is 2. The summed E-state index contributed by atoms with van der Waals surface area (Å²) >= 11 is 5.23. The first kappa shape index (κ1) is 22.5. The molecular formula is C22H26N4O4S. The summed E-state index contributed by atoms with van der Waals surface area (Å²) in [4.78, 5) is 14.0. The minimum Gasteiger partial charge on any atom is -0.490 e. The summed E-state index contributed by atoms with van der Waals surface area (Å²) in [5.41, 5.74) is 4.45. The quantitative estimate of drug-likeness (QED) is 0.369. The van der Waals surface area contributed by atoms with Gasteiger partial charge in [-0.2, -0.15) is 5.10 Å². The van der Waals surface area contributed by atoms with Gasteiger partial charge in [0.1, 0.15) is 0 Å². The molecule has 0 radical (unpaired) electrons. The maximum absolute atomic E-state index is 12.3. The molecule has 3 rings (SSSR count). The molecule has 2 aromatic rings. The highest BCUT2D eigenvalue weighted by Gasteiger charge is 2.18. The number of amides is 1. The number of hydrazone groups is 1. The second kappa shape index (κ2) is 11.9. The van der Waals surface area contributed by atoms with Crippen molar-refractivity contribution in [2.75, 3.05) is 44.8 Å². The van der Waals surface area contributed by atoms with Crippen molar-refractivity contribution in [3.63, 3.8) is 0 Å². The van der Waals surface area contributed by atoms with Crippen molar-refractivity contribution in [2.45, 2.75) is 6.92 Å². The summed E-state index contributed by atoms with van der Waals surface area (Å²) < 4.78 is 16.7. The molecule has 0 saturated carbocycles. The van der Waals surface area contributed by atoms with E-state index in [-0.39, 0.29) is 12.5 Å². The van der Waals surface area contributed by atoms with Gasteiger partial charge >= 0.3 is 0 Å². The highest BCUT2D eigenvalue weighted by Crippen LogP contribution is 2.28. The van der Waals surface area contributed by atoms with Gasteiger partial charge in [-0.1, -0.05) is 18.2 Å².